The topological polar surface area (TPSA) is 216 Å². The Morgan fingerprint density at radius 1 is 1.08 bits per heavy atom. The number of aromatic nitrogens is 4. The van der Waals surface area contributed by atoms with Crippen molar-refractivity contribution in [1.82, 2.24) is 24.2 Å². The highest BCUT2D eigenvalue weighted by atomic mass is 32.2. The SMILES string of the molecule is COC(=O)c1csc(C)c1S(=O)(=O)NC(=O)n1nc(OC)n(C)c1=O.CS(=O)(=O)c1cc(C(F)(F)F)ccc1C(=O)c1cnoc1C1CC1. The van der Waals surface area contributed by atoms with Gasteiger partial charge in [0, 0.05) is 35.0 Å². The lowest BCUT2D eigenvalue weighted by molar-refractivity contribution is -0.137. The first-order chi connectivity index (χ1) is 22.7. The molecule has 5 rings (SSSR count). The maximum atomic E-state index is 12.8. The van der Waals surface area contributed by atoms with Crippen LogP contribution in [0.15, 0.2) is 48.9 Å². The Bertz CT molecular complexity index is 2230. The summed E-state index contributed by atoms with van der Waals surface area (Å²) in [5.74, 6) is -1.19. The molecule has 1 saturated carbocycles. The highest BCUT2D eigenvalue weighted by Crippen LogP contribution is 2.42. The Morgan fingerprint density at radius 2 is 1.73 bits per heavy atom. The van der Waals surface area contributed by atoms with Gasteiger partial charge in [0.05, 0.1) is 42.0 Å². The smallest absolute Gasteiger partial charge is 0.416 e. The lowest BCUT2D eigenvalue weighted by atomic mass is 10.0. The summed E-state index contributed by atoms with van der Waals surface area (Å²) < 4.78 is 105. The van der Waals surface area contributed by atoms with Crippen LogP contribution in [0.5, 0.6) is 6.01 Å². The molecule has 1 N–H and O–H groups in total. The monoisotopic (exact) mass is 749 g/mol. The van der Waals surface area contributed by atoms with Crippen LogP contribution in [0.2, 0.25) is 0 Å². The minimum absolute atomic E-state index is 0.0441. The summed E-state index contributed by atoms with van der Waals surface area (Å²) in [4.78, 5) is 47.6. The molecule has 0 saturated heterocycles. The van der Waals surface area contributed by atoms with Crippen LogP contribution in [0.4, 0.5) is 18.0 Å². The predicted molar refractivity (Wildman–Crippen MR) is 162 cm³/mol. The average molecular weight is 750 g/mol. The highest BCUT2D eigenvalue weighted by Gasteiger charge is 2.36. The number of aryl methyl sites for hydroxylation is 1. The van der Waals surface area contributed by atoms with E-state index in [2.05, 4.69) is 15.0 Å². The summed E-state index contributed by atoms with van der Waals surface area (Å²) >= 11 is 0.998. The highest BCUT2D eigenvalue weighted by molar-refractivity contribution is 7.91. The largest absolute Gasteiger partial charge is 0.467 e. The second-order valence-electron chi connectivity index (χ2n) is 10.4. The fourth-order valence-electron chi connectivity index (χ4n) is 4.36. The van der Waals surface area contributed by atoms with E-state index in [1.165, 1.54) is 32.7 Å². The molecule has 49 heavy (non-hydrogen) atoms. The van der Waals surface area contributed by atoms with E-state index < -0.39 is 64.9 Å². The van der Waals surface area contributed by atoms with Crippen molar-refractivity contribution in [1.29, 1.82) is 0 Å². The van der Waals surface area contributed by atoms with Crippen molar-refractivity contribution in [2.75, 3.05) is 20.5 Å². The van der Waals surface area contributed by atoms with Crippen LogP contribution < -0.4 is 15.1 Å². The van der Waals surface area contributed by atoms with E-state index in [1.54, 1.807) is 4.72 Å². The number of ether oxygens (including phenoxy) is 2. The van der Waals surface area contributed by atoms with Crippen molar-refractivity contribution < 1.29 is 58.4 Å². The summed E-state index contributed by atoms with van der Waals surface area (Å²) in [6.07, 6.45) is -1.14. The second-order valence-corrected chi connectivity index (χ2v) is 15.1. The Balaban J connectivity index is 0.000000221. The van der Waals surface area contributed by atoms with Gasteiger partial charge < -0.3 is 14.0 Å². The molecule has 16 nitrogen and oxygen atoms in total. The van der Waals surface area contributed by atoms with Crippen LogP contribution in [0, 0.1) is 6.92 Å². The molecule has 4 aromatic rings. The zero-order valence-corrected chi connectivity index (χ0v) is 28.5. The molecule has 264 valence electrons. The first-order valence-electron chi connectivity index (χ1n) is 13.6. The van der Waals surface area contributed by atoms with E-state index in [0.29, 0.717) is 22.6 Å². The van der Waals surface area contributed by atoms with Gasteiger partial charge in [0.25, 0.3) is 10.0 Å². The number of sulfonamides is 1. The molecule has 1 aliphatic rings. The Labute approximate surface area is 279 Å². The van der Waals surface area contributed by atoms with Gasteiger partial charge in [-0.15, -0.1) is 21.1 Å². The van der Waals surface area contributed by atoms with E-state index in [-0.39, 0.29) is 33.5 Å². The number of amides is 1. The van der Waals surface area contributed by atoms with E-state index >= 15 is 0 Å². The molecular formula is C27H26F3N5O11S3. The zero-order valence-electron chi connectivity index (χ0n) is 26.0. The number of carbonyl (C=O) groups excluding carboxylic acids is 3. The third-order valence-corrected chi connectivity index (χ3v) is 10.6. The zero-order chi connectivity index (χ0) is 36.6. The van der Waals surface area contributed by atoms with Gasteiger partial charge in [-0.3, -0.25) is 4.79 Å². The van der Waals surface area contributed by atoms with Gasteiger partial charge in [-0.25, -0.2) is 40.5 Å². The molecule has 0 atom stereocenters. The molecule has 1 aliphatic carbocycles. The third-order valence-electron chi connectivity index (χ3n) is 6.87. The van der Waals surface area contributed by atoms with E-state index in [4.69, 9.17) is 9.26 Å². The lowest BCUT2D eigenvalue weighted by Gasteiger charge is -2.11. The fourth-order valence-corrected chi connectivity index (χ4v) is 7.77. The van der Waals surface area contributed by atoms with Crippen LogP contribution in [0.25, 0.3) is 0 Å². The summed E-state index contributed by atoms with van der Waals surface area (Å²) in [6, 6.07) is 0.550. The van der Waals surface area contributed by atoms with Crippen molar-refractivity contribution in [2.24, 2.45) is 7.05 Å². The van der Waals surface area contributed by atoms with E-state index in [0.717, 1.165) is 48.2 Å². The van der Waals surface area contributed by atoms with Crippen LogP contribution in [-0.4, -0.2) is 74.6 Å². The fraction of sp³-hybridized carbons (Fsp3) is 0.333. The summed E-state index contributed by atoms with van der Waals surface area (Å²) in [5, 5.41) is 8.42. The van der Waals surface area contributed by atoms with Crippen molar-refractivity contribution in [2.45, 2.75) is 41.7 Å². The van der Waals surface area contributed by atoms with Gasteiger partial charge in [0.15, 0.2) is 21.4 Å². The summed E-state index contributed by atoms with van der Waals surface area (Å²) in [7, 11) is -4.86. The molecule has 0 bridgehead atoms. The standard InChI is InChI=1S/C15H12F3NO4S.C12H14N4O7S2/c1-24(21,22)12-6-9(15(16,17)18)4-5-10(12)13(20)11-7-19-23-14(11)8-2-3-8;1-6-8(7(5-24-6)9(17)22-3)25(20,21)14-10(18)16-12(19)15(2)11(13-16)23-4/h4-8H,2-3H2,1H3;5H,1-4H3,(H,14,18). The molecule has 3 aromatic heterocycles. The maximum Gasteiger partial charge on any atom is 0.416 e. The van der Waals surface area contributed by atoms with Crippen molar-refractivity contribution >= 4 is 49.0 Å². The van der Waals surface area contributed by atoms with Gasteiger partial charge in [0.2, 0.25) is 0 Å². The van der Waals surface area contributed by atoms with Crippen LogP contribution in [0.1, 0.15) is 61.2 Å². The first-order valence-corrected chi connectivity index (χ1v) is 17.8. The number of benzene rings is 1. The number of methoxy groups -OCH3 is 2. The molecular weight excluding hydrogens is 724 g/mol. The first kappa shape index (κ1) is 37.0. The summed E-state index contributed by atoms with van der Waals surface area (Å²) in [6.45, 7) is 1.46. The number of nitrogens with one attached hydrogen (secondary N) is 1. The Kier molecular flexibility index (Phi) is 10.3. The van der Waals surface area contributed by atoms with E-state index in [1.807, 2.05) is 0 Å². The number of sulfone groups is 1. The molecule has 1 amide bonds. The molecule has 22 heteroatoms. The van der Waals surface area contributed by atoms with Crippen LogP contribution in [0.3, 0.4) is 0 Å². The third kappa shape index (κ3) is 7.75. The average Bonchev–Trinajstić information content (AvgIpc) is 3.48. The molecule has 0 aliphatic heterocycles. The van der Waals surface area contributed by atoms with Gasteiger partial charge in [-0.2, -0.15) is 13.2 Å². The van der Waals surface area contributed by atoms with Crippen molar-refractivity contribution in [3.63, 3.8) is 0 Å². The number of rotatable bonds is 8. The Morgan fingerprint density at radius 3 is 2.27 bits per heavy atom. The lowest BCUT2D eigenvalue weighted by Crippen LogP contribution is -2.40. The molecule has 1 fully saturated rings. The number of esters is 1. The number of thiophene rings is 1. The molecule has 1 aromatic carbocycles. The number of nitrogens with zero attached hydrogens (tertiary/aromatic N) is 4. The van der Waals surface area contributed by atoms with Gasteiger partial charge >= 0.3 is 29.9 Å². The number of alkyl halides is 3. The number of hydrogen-bond acceptors (Lipinski definition) is 14. The van der Waals surface area contributed by atoms with Crippen molar-refractivity contribution in [3.05, 3.63) is 73.2 Å². The van der Waals surface area contributed by atoms with Gasteiger partial charge in [0.1, 0.15) is 4.90 Å². The second kappa shape index (κ2) is 13.6. The quantitative estimate of drug-likeness (QED) is 0.203. The summed E-state index contributed by atoms with van der Waals surface area (Å²) in [5.41, 5.74) is -2.49. The molecule has 0 radical (unpaired) electrons. The van der Waals surface area contributed by atoms with Gasteiger partial charge in [-0.1, -0.05) is 5.16 Å². The molecule has 0 unspecified atom stereocenters. The Hall–Kier alpha value is -4.83. The minimum atomic E-state index is -4.71. The minimum Gasteiger partial charge on any atom is -0.467 e. The molecule has 0 spiro atoms. The van der Waals surface area contributed by atoms with Crippen LogP contribution >= 0.6 is 11.3 Å². The van der Waals surface area contributed by atoms with Crippen LogP contribution in [-0.2, 0) is 37.8 Å². The predicted octanol–water partition coefficient (Wildman–Crippen LogP) is 2.90. The van der Waals surface area contributed by atoms with Gasteiger partial charge in [-0.05, 0) is 38.0 Å². The number of hydrogen-bond donors (Lipinski definition) is 1. The number of ketones is 1. The van der Waals surface area contributed by atoms with E-state index in [9.17, 15) is 49.2 Å². The maximum absolute atomic E-state index is 12.8. The normalized spacial score (nSPS) is 13.3. The van der Waals surface area contributed by atoms with Crippen molar-refractivity contribution in [3.8, 4) is 6.01 Å². The molecule has 3 heterocycles. The number of carbonyl (C=O) groups is 3. The number of halogens is 3.